The molecule has 0 spiro atoms. The minimum atomic E-state index is -5.10. The Morgan fingerprint density at radius 1 is 0.833 bits per heavy atom. The van der Waals surface area contributed by atoms with Crippen LogP contribution in [0, 0.1) is 0 Å². The summed E-state index contributed by atoms with van der Waals surface area (Å²) in [4.78, 5) is 63.4. The van der Waals surface area contributed by atoms with Gasteiger partial charge in [0.05, 0.1) is 12.6 Å². The third kappa shape index (κ3) is 9.88. The van der Waals surface area contributed by atoms with Crippen molar-refractivity contribution >= 4 is 29.5 Å². The van der Waals surface area contributed by atoms with E-state index in [-0.39, 0.29) is 19.3 Å². The summed E-state index contributed by atoms with van der Waals surface area (Å²) in [6.07, 6.45) is -9.02. The highest BCUT2D eigenvalue weighted by Crippen LogP contribution is 2.36. The van der Waals surface area contributed by atoms with Crippen molar-refractivity contribution in [1.29, 1.82) is 0 Å². The van der Waals surface area contributed by atoms with Gasteiger partial charge >= 0.3 is 6.18 Å². The van der Waals surface area contributed by atoms with Crippen LogP contribution in [-0.2, 0) is 25.6 Å². The predicted octanol–water partition coefficient (Wildman–Crippen LogP) is 2.13. The Labute approximate surface area is 274 Å². The number of hydrogen-bond donors (Lipinski definition) is 6. The van der Waals surface area contributed by atoms with Crippen molar-refractivity contribution < 1.29 is 42.3 Å². The van der Waals surface area contributed by atoms with E-state index in [0.717, 1.165) is 11.1 Å². The molecule has 3 aromatic rings. The number of halogens is 3. The van der Waals surface area contributed by atoms with Crippen molar-refractivity contribution in [3.63, 3.8) is 0 Å². The molecule has 1 aliphatic rings. The second kappa shape index (κ2) is 15.6. The van der Waals surface area contributed by atoms with E-state index in [4.69, 9.17) is 5.73 Å². The van der Waals surface area contributed by atoms with Crippen LogP contribution in [-0.4, -0.2) is 71.1 Å². The Hall–Kier alpha value is -5.24. The average Bonchev–Trinajstić information content (AvgIpc) is 3.85. The van der Waals surface area contributed by atoms with Gasteiger partial charge in [0.25, 0.3) is 5.91 Å². The van der Waals surface area contributed by atoms with Crippen LogP contribution < -0.4 is 27.0 Å². The summed E-state index contributed by atoms with van der Waals surface area (Å²) in [7, 11) is 0. The number of nitrogens with two attached hydrogens (primary N) is 1. The molecule has 7 N–H and O–H groups in total. The van der Waals surface area contributed by atoms with Gasteiger partial charge in [0.2, 0.25) is 23.6 Å². The monoisotopic (exact) mass is 667 g/mol. The van der Waals surface area contributed by atoms with Crippen LogP contribution in [0.3, 0.4) is 0 Å². The minimum Gasteiger partial charge on any atom is -0.382 e. The standard InChI is InChI=1S/C34H36F3N5O6/c35-34(36,37)29(45)25(15-16-27(38)43)41-32(48)33(17-18-33)42-31(47)26(19-21-7-3-1-4-8-21)40-28(44)20-39-30(46)24-13-11-23(12-14-24)22-9-5-2-6-10-22/h1-14,25-26,29,45H,15-20H2,(H2,38,43)(H,39,46)(H,40,44)(H,41,48)(H,42,47)/t25?,26-,29?/m0/s1. The van der Waals surface area contributed by atoms with E-state index in [1.54, 1.807) is 54.6 Å². The number of aliphatic hydroxyl groups excluding tert-OH is 1. The number of benzene rings is 3. The fourth-order valence-corrected chi connectivity index (χ4v) is 5.01. The first-order valence-corrected chi connectivity index (χ1v) is 15.2. The highest BCUT2D eigenvalue weighted by Gasteiger charge is 2.54. The summed E-state index contributed by atoms with van der Waals surface area (Å²) >= 11 is 0. The molecule has 1 fully saturated rings. The zero-order chi connectivity index (χ0) is 34.9. The molecule has 0 bridgehead atoms. The summed E-state index contributed by atoms with van der Waals surface area (Å²) in [6.45, 7) is -0.472. The van der Waals surface area contributed by atoms with E-state index in [0.29, 0.717) is 11.1 Å². The van der Waals surface area contributed by atoms with Gasteiger partial charge in [0, 0.05) is 18.4 Å². The predicted molar refractivity (Wildman–Crippen MR) is 169 cm³/mol. The summed E-state index contributed by atoms with van der Waals surface area (Å²) in [5.74, 6) is -3.91. The Morgan fingerprint density at radius 3 is 1.98 bits per heavy atom. The van der Waals surface area contributed by atoms with Crippen molar-refractivity contribution in [3.05, 3.63) is 96.1 Å². The molecule has 2 unspecified atom stereocenters. The van der Waals surface area contributed by atoms with Gasteiger partial charge in [-0.1, -0.05) is 72.8 Å². The minimum absolute atomic E-state index is 0.000961. The maximum absolute atomic E-state index is 13.5. The van der Waals surface area contributed by atoms with Crippen LogP contribution in [0.4, 0.5) is 13.2 Å². The Bertz CT molecular complexity index is 1600. The second-order valence-corrected chi connectivity index (χ2v) is 11.6. The third-order valence-electron chi connectivity index (χ3n) is 7.88. The van der Waals surface area contributed by atoms with Crippen molar-refractivity contribution in [2.24, 2.45) is 5.73 Å². The van der Waals surface area contributed by atoms with Crippen LogP contribution in [0.1, 0.15) is 41.6 Å². The molecule has 3 aromatic carbocycles. The Morgan fingerprint density at radius 2 is 1.42 bits per heavy atom. The van der Waals surface area contributed by atoms with Crippen LogP contribution in [0.15, 0.2) is 84.9 Å². The second-order valence-electron chi connectivity index (χ2n) is 11.6. The summed E-state index contributed by atoms with van der Waals surface area (Å²) in [6, 6.07) is 21.9. The van der Waals surface area contributed by atoms with E-state index in [1.807, 2.05) is 30.3 Å². The number of amides is 5. The third-order valence-corrected chi connectivity index (χ3v) is 7.88. The number of nitrogens with one attached hydrogen (secondary N) is 4. The Kier molecular flexibility index (Phi) is 11.5. The summed E-state index contributed by atoms with van der Waals surface area (Å²) in [5, 5.41) is 19.5. The molecule has 0 radical (unpaired) electrons. The number of alkyl halides is 3. The molecule has 0 heterocycles. The molecular weight excluding hydrogens is 631 g/mol. The molecule has 1 aliphatic carbocycles. The van der Waals surface area contributed by atoms with E-state index < -0.39 is 78.8 Å². The normalized spacial score (nSPS) is 15.2. The van der Waals surface area contributed by atoms with E-state index in [9.17, 15) is 42.3 Å². The number of carbonyl (C=O) groups excluding carboxylic acids is 5. The highest BCUT2D eigenvalue weighted by molar-refractivity contribution is 5.99. The molecule has 1 saturated carbocycles. The van der Waals surface area contributed by atoms with Crippen molar-refractivity contribution in [2.75, 3.05) is 6.54 Å². The SMILES string of the molecule is NC(=O)CCC(NC(=O)C1(NC(=O)[C@H](Cc2ccccc2)NC(=O)CNC(=O)c2ccc(-c3ccccc3)cc2)CC1)C(O)C(F)(F)F. The molecule has 11 nitrogen and oxygen atoms in total. The summed E-state index contributed by atoms with van der Waals surface area (Å²) < 4.78 is 39.8. The van der Waals surface area contributed by atoms with E-state index >= 15 is 0 Å². The first-order chi connectivity index (χ1) is 22.8. The first kappa shape index (κ1) is 35.6. The maximum Gasteiger partial charge on any atom is 0.416 e. The lowest BCUT2D eigenvalue weighted by molar-refractivity contribution is -0.213. The number of aliphatic hydroxyl groups is 1. The van der Waals surface area contributed by atoms with Gasteiger partial charge in [0.1, 0.15) is 11.6 Å². The van der Waals surface area contributed by atoms with Crippen LogP contribution >= 0.6 is 0 Å². The van der Waals surface area contributed by atoms with Crippen LogP contribution in [0.25, 0.3) is 11.1 Å². The van der Waals surface area contributed by atoms with Crippen molar-refractivity contribution in [1.82, 2.24) is 21.3 Å². The van der Waals surface area contributed by atoms with Gasteiger partial charge in [-0.3, -0.25) is 24.0 Å². The van der Waals surface area contributed by atoms with Crippen molar-refractivity contribution in [2.45, 2.75) is 62.0 Å². The number of rotatable bonds is 15. The summed E-state index contributed by atoms with van der Waals surface area (Å²) in [5.41, 5.74) is 6.30. The number of hydrogen-bond acceptors (Lipinski definition) is 6. The lowest BCUT2D eigenvalue weighted by atomic mass is 10.0. The molecule has 0 saturated heterocycles. The van der Waals surface area contributed by atoms with Gasteiger partial charge < -0.3 is 32.1 Å². The fourth-order valence-electron chi connectivity index (χ4n) is 5.01. The van der Waals surface area contributed by atoms with Gasteiger partial charge in [-0.25, -0.2) is 0 Å². The van der Waals surface area contributed by atoms with Crippen molar-refractivity contribution in [3.8, 4) is 11.1 Å². The fraction of sp³-hybridized carbons (Fsp3) is 0.324. The maximum atomic E-state index is 13.5. The molecule has 5 amide bonds. The molecule has 0 aliphatic heterocycles. The number of primary amides is 1. The van der Waals surface area contributed by atoms with Crippen LogP contribution in [0.2, 0.25) is 0 Å². The smallest absolute Gasteiger partial charge is 0.382 e. The highest BCUT2D eigenvalue weighted by atomic mass is 19.4. The average molecular weight is 668 g/mol. The molecule has 3 atom stereocenters. The van der Waals surface area contributed by atoms with Gasteiger partial charge in [-0.05, 0) is 48.1 Å². The van der Waals surface area contributed by atoms with E-state index in [1.165, 1.54) is 0 Å². The molecule has 4 rings (SSSR count). The molecule has 254 valence electrons. The van der Waals surface area contributed by atoms with E-state index in [2.05, 4.69) is 21.3 Å². The quantitative estimate of drug-likeness (QED) is 0.145. The lowest BCUT2D eigenvalue weighted by Gasteiger charge is -2.28. The molecule has 14 heteroatoms. The zero-order valence-electron chi connectivity index (χ0n) is 25.8. The number of carbonyl (C=O) groups is 5. The zero-order valence-corrected chi connectivity index (χ0v) is 25.8. The largest absolute Gasteiger partial charge is 0.416 e. The van der Waals surface area contributed by atoms with Crippen LogP contribution in [0.5, 0.6) is 0 Å². The Balaban J connectivity index is 1.39. The van der Waals surface area contributed by atoms with Gasteiger partial charge in [0.15, 0.2) is 6.10 Å². The van der Waals surface area contributed by atoms with Gasteiger partial charge in [-0.2, -0.15) is 13.2 Å². The molecule has 48 heavy (non-hydrogen) atoms. The molecule has 0 aromatic heterocycles. The van der Waals surface area contributed by atoms with Gasteiger partial charge in [-0.15, -0.1) is 0 Å². The topological polar surface area (TPSA) is 180 Å². The first-order valence-electron chi connectivity index (χ1n) is 15.2. The lowest BCUT2D eigenvalue weighted by Crippen LogP contribution is -2.59. The molecular formula is C34H36F3N5O6.